The summed E-state index contributed by atoms with van der Waals surface area (Å²) in [6, 6.07) is 8.30. The van der Waals surface area contributed by atoms with Crippen LogP contribution in [-0.4, -0.2) is 50.9 Å². The van der Waals surface area contributed by atoms with Crippen LogP contribution in [0.1, 0.15) is 19.4 Å². The fraction of sp³-hybridized carbons (Fsp3) is 0.647. The van der Waals surface area contributed by atoms with E-state index in [0.29, 0.717) is 12.5 Å². The zero-order valence-corrected chi connectivity index (χ0v) is 13.5. The van der Waals surface area contributed by atoms with Gasteiger partial charge < -0.3 is 19.7 Å². The Hall–Kier alpha value is -1.10. The van der Waals surface area contributed by atoms with Crippen LogP contribution >= 0.6 is 0 Å². The van der Waals surface area contributed by atoms with Crippen LogP contribution in [0.4, 0.5) is 0 Å². The summed E-state index contributed by atoms with van der Waals surface area (Å²) in [5.41, 5.74) is 1.26. The first kappa shape index (κ1) is 16.3. The second-order valence-electron chi connectivity index (χ2n) is 6.24. The Morgan fingerprint density at radius 3 is 3.05 bits per heavy atom. The second-order valence-corrected chi connectivity index (χ2v) is 6.24. The van der Waals surface area contributed by atoms with E-state index in [0.717, 1.165) is 38.5 Å². The Morgan fingerprint density at radius 1 is 1.43 bits per heavy atom. The maximum atomic E-state index is 5.88. The van der Waals surface area contributed by atoms with Gasteiger partial charge in [0.15, 0.2) is 0 Å². The normalized spacial score (nSPS) is 19.9. The molecule has 1 fully saturated rings. The molecule has 4 nitrogen and oxygen atoms in total. The monoisotopic (exact) mass is 292 g/mol. The molecular weight excluding hydrogens is 264 g/mol. The Labute approximate surface area is 128 Å². The third-order valence-corrected chi connectivity index (χ3v) is 3.56. The van der Waals surface area contributed by atoms with E-state index in [1.54, 1.807) is 0 Å². The first-order valence-corrected chi connectivity index (χ1v) is 7.86. The van der Waals surface area contributed by atoms with Gasteiger partial charge in [-0.1, -0.05) is 26.0 Å². The van der Waals surface area contributed by atoms with E-state index >= 15 is 0 Å². The summed E-state index contributed by atoms with van der Waals surface area (Å²) in [7, 11) is 2.12. The third kappa shape index (κ3) is 6.04. The van der Waals surface area contributed by atoms with Crippen molar-refractivity contribution in [1.82, 2.24) is 10.2 Å². The van der Waals surface area contributed by atoms with Crippen LogP contribution in [0.3, 0.4) is 0 Å². The van der Waals surface area contributed by atoms with Gasteiger partial charge in [0, 0.05) is 19.6 Å². The van der Waals surface area contributed by atoms with Crippen molar-refractivity contribution in [3.05, 3.63) is 29.8 Å². The average Bonchev–Trinajstić information content (AvgIpc) is 2.45. The number of likely N-dealkylation sites (N-methyl/N-ethyl adjacent to an activating group) is 1. The minimum Gasteiger partial charge on any atom is -0.491 e. The van der Waals surface area contributed by atoms with Gasteiger partial charge in [0.2, 0.25) is 0 Å². The molecule has 118 valence electrons. The van der Waals surface area contributed by atoms with E-state index in [1.807, 2.05) is 6.07 Å². The van der Waals surface area contributed by atoms with Gasteiger partial charge in [0.05, 0.1) is 6.61 Å². The molecule has 1 N–H and O–H groups in total. The zero-order valence-electron chi connectivity index (χ0n) is 13.5. The molecule has 0 spiro atoms. The number of rotatable bonds is 7. The van der Waals surface area contributed by atoms with Crippen molar-refractivity contribution in [2.24, 2.45) is 5.92 Å². The number of morpholine rings is 1. The Kier molecular flexibility index (Phi) is 6.49. The van der Waals surface area contributed by atoms with Gasteiger partial charge >= 0.3 is 0 Å². The van der Waals surface area contributed by atoms with Crippen LogP contribution in [0.15, 0.2) is 24.3 Å². The van der Waals surface area contributed by atoms with Crippen molar-refractivity contribution in [3.63, 3.8) is 0 Å². The number of hydrogen-bond donors (Lipinski definition) is 1. The molecule has 0 amide bonds. The number of hydrogen-bond acceptors (Lipinski definition) is 4. The molecule has 0 aliphatic carbocycles. The first-order chi connectivity index (χ1) is 10.1. The number of nitrogens with one attached hydrogen (secondary N) is 1. The van der Waals surface area contributed by atoms with Crippen LogP contribution in [0.5, 0.6) is 5.75 Å². The summed E-state index contributed by atoms with van der Waals surface area (Å²) in [5, 5.41) is 3.45. The molecule has 1 aliphatic rings. The number of ether oxygens (including phenoxy) is 2. The summed E-state index contributed by atoms with van der Waals surface area (Å²) in [4.78, 5) is 2.28. The molecule has 1 unspecified atom stereocenters. The largest absolute Gasteiger partial charge is 0.491 e. The maximum absolute atomic E-state index is 5.88. The van der Waals surface area contributed by atoms with Gasteiger partial charge in [0.1, 0.15) is 18.5 Å². The Bertz CT molecular complexity index is 423. The molecule has 0 radical (unpaired) electrons. The van der Waals surface area contributed by atoms with E-state index in [-0.39, 0.29) is 6.10 Å². The zero-order chi connectivity index (χ0) is 15.1. The van der Waals surface area contributed by atoms with Crippen molar-refractivity contribution in [3.8, 4) is 5.75 Å². The van der Waals surface area contributed by atoms with Gasteiger partial charge in [0.25, 0.3) is 0 Å². The fourth-order valence-electron chi connectivity index (χ4n) is 2.41. The molecule has 2 rings (SSSR count). The van der Waals surface area contributed by atoms with Crippen LogP contribution in [-0.2, 0) is 11.3 Å². The highest BCUT2D eigenvalue weighted by atomic mass is 16.5. The molecule has 4 heteroatoms. The molecule has 0 saturated carbocycles. The minimum atomic E-state index is 0.173. The molecule has 1 aromatic carbocycles. The summed E-state index contributed by atoms with van der Waals surface area (Å²) < 4.78 is 11.6. The van der Waals surface area contributed by atoms with Gasteiger partial charge in [-0.2, -0.15) is 0 Å². The van der Waals surface area contributed by atoms with Crippen molar-refractivity contribution >= 4 is 0 Å². The summed E-state index contributed by atoms with van der Waals surface area (Å²) >= 11 is 0. The van der Waals surface area contributed by atoms with Gasteiger partial charge in [-0.3, -0.25) is 0 Å². The van der Waals surface area contributed by atoms with Crippen molar-refractivity contribution in [2.45, 2.75) is 26.5 Å². The molecule has 21 heavy (non-hydrogen) atoms. The van der Waals surface area contributed by atoms with E-state index in [2.05, 4.69) is 49.3 Å². The van der Waals surface area contributed by atoms with Gasteiger partial charge in [-0.25, -0.2) is 0 Å². The smallest absolute Gasteiger partial charge is 0.119 e. The highest BCUT2D eigenvalue weighted by Crippen LogP contribution is 2.14. The van der Waals surface area contributed by atoms with Crippen LogP contribution in [0, 0.1) is 5.92 Å². The van der Waals surface area contributed by atoms with Crippen molar-refractivity contribution < 1.29 is 9.47 Å². The molecule has 1 aromatic rings. The van der Waals surface area contributed by atoms with E-state index < -0.39 is 0 Å². The Balaban J connectivity index is 1.77. The van der Waals surface area contributed by atoms with Crippen LogP contribution in [0.2, 0.25) is 0 Å². The molecule has 0 aromatic heterocycles. The maximum Gasteiger partial charge on any atom is 0.119 e. The van der Waals surface area contributed by atoms with Crippen LogP contribution in [0.25, 0.3) is 0 Å². The minimum absolute atomic E-state index is 0.173. The molecule has 0 bridgehead atoms. The quantitative estimate of drug-likeness (QED) is 0.835. The van der Waals surface area contributed by atoms with E-state index in [1.165, 1.54) is 5.56 Å². The van der Waals surface area contributed by atoms with Gasteiger partial charge in [-0.05, 0) is 37.2 Å². The molecular formula is C17H28N2O2. The first-order valence-electron chi connectivity index (χ1n) is 7.86. The summed E-state index contributed by atoms with van der Waals surface area (Å²) in [5.74, 6) is 1.60. The summed E-state index contributed by atoms with van der Waals surface area (Å²) in [6.45, 7) is 9.72. The molecule has 1 atom stereocenters. The van der Waals surface area contributed by atoms with E-state index in [4.69, 9.17) is 9.47 Å². The highest BCUT2D eigenvalue weighted by molar-refractivity contribution is 5.28. The van der Waals surface area contributed by atoms with E-state index in [9.17, 15) is 0 Å². The second kappa shape index (κ2) is 8.37. The predicted octanol–water partition coefficient (Wildman–Crippen LogP) is 2.14. The topological polar surface area (TPSA) is 33.7 Å². The lowest BCUT2D eigenvalue weighted by atomic mass is 10.2. The standard InChI is InChI=1S/C17H28N2O2/c1-14(2)10-18-11-15-5-4-6-16(9-15)21-13-17-12-19(3)7-8-20-17/h4-6,9,14,17-18H,7-8,10-13H2,1-3H3. The molecule has 1 saturated heterocycles. The fourth-order valence-corrected chi connectivity index (χ4v) is 2.41. The number of nitrogens with zero attached hydrogens (tertiary/aromatic N) is 1. The lowest BCUT2D eigenvalue weighted by molar-refractivity contribution is -0.0403. The average molecular weight is 292 g/mol. The lowest BCUT2D eigenvalue weighted by Gasteiger charge is -2.29. The van der Waals surface area contributed by atoms with Crippen LogP contribution < -0.4 is 10.1 Å². The lowest BCUT2D eigenvalue weighted by Crippen LogP contribution is -2.42. The third-order valence-electron chi connectivity index (χ3n) is 3.56. The Morgan fingerprint density at radius 2 is 2.29 bits per heavy atom. The van der Waals surface area contributed by atoms with Crippen molar-refractivity contribution in [1.29, 1.82) is 0 Å². The SMILES string of the molecule is CC(C)CNCc1cccc(OCC2CN(C)CCO2)c1. The number of benzene rings is 1. The predicted molar refractivity (Wildman–Crippen MR) is 85.7 cm³/mol. The van der Waals surface area contributed by atoms with Crippen molar-refractivity contribution in [2.75, 3.05) is 39.9 Å². The molecule has 1 heterocycles. The van der Waals surface area contributed by atoms with Gasteiger partial charge in [-0.15, -0.1) is 0 Å². The highest BCUT2D eigenvalue weighted by Gasteiger charge is 2.18. The summed E-state index contributed by atoms with van der Waals surface area (Å²) in [6.07, 6.45) is 0.173. The molecule has 1 aliphatic heterocycles.